The van der Waals surface area contributed by atoms with Gasteiger partial charge in [0.25, 0.3) is 5.89 Å². The average Bonchev–Trinajstić information content (AvgIpc) is 3.20. The second-order valence-corrected chi connectivity index (χ2v) is 6.63. The first-order chi connectivity index (χ1) is 11.6. The molecule has 0 saturated carbocycles. The summed E-state index contributed by atoms with van der Waals surface area (Å²) in [6.45, 7) is 1.99. The van der Waals surface area contributed by atoms with Gasteiger partial charge >= 0.3 is 0 Å². The van der Waals surface area contributed by atoms with Gasteiger partial charge in [-0.05, 0) is 35.9 Å². The SMILES string of the molecule is CC(=O)NCc1ccc(-c2noc(C=Cc3cccc(Cl)c3)n2)s1. The Morgan fingerprint density at radius 3 is 3.00 bits per heavy atom. The van der Waals surface area contributed by atoms with Gasteiger partial charge in [-0.1, -0.05) is 28.9 Å². The quantitative estimate of drug-likeness (QED) is 0.739. The van der Waals surface area contributed by atoms with Crippen LogP contribution in [0, 0.1) is 0 Å². The number of aromatic nitrogens is 2. The topological polar surface area (TPSA) is 68.0 Å². The molecule has 0 atom stereocenters. The van der Waals surface area contributed by atoms with Crippen molar-refractivity contribution in [2.24, 2.45) is 0 Å². The lowest BCUT2D eigenvalue weighted by Crippen LogP contribution is -2.17. The number of benzene rings is 1. The molecule has 0 aliphatic carbocycles. The molecule has 0 fully saturated rings. The predicted octanol–water partition coefficient (Wildman–Crippen LogP) is 4.26. The number of rotatable bonds is 5. The molecule has 1 N–H and O–H groups in total. The lowest BCUT2D eigenvalue weighted by atomic mass is 10.2. The van der Waals surface area contributed by atoms with Crippen molar-refractivity contribution < 1.29 is 9.32 Å². The molecular weight excluding hydrogens is 346 g/mol. The Bertz CT molecular complexity index is 885. The van der Waals surface area contributed by atoms with Crippen molar-refractivity contribution in [2.75, 3.05) is 0 Å². The molecule has 0 bridgehead atoms. The van der Waals surface area contributed by atoms with Crippen molar-refractivity contribution in [2.45, 2.75) is 13.5 Å². The van der Waals surface area contributed by atoms with Gasteiger partial charge in [-0.2, -0.15) is 4.98 Å². The first kappa shape index (κ1) is 16.4. The number of carbonyl (C=O) groups excluding carboxylic acids is 1. The van der Waals surface area contributed by atoms with Crippen LogP contribution in [0.2, 0.25) is 5.02 Å². The van der Waals surface area contributed by atoms with Crippen molar-refractivity contribution in [1.29, 1.82) is 0 Å². The Morgan fingerprint density at radius 2 is 2.21 bits per heavy atom. The minimum Gasteiger partial charge on any atom is -0.351 e. The minimum atomic E-state index is -0.0575. The minimum absolute atomic E-state index is 0.0575. The Labute approximate surface area is 148 Å². The first-order valence-electron chi connectivity index (χ1n) is 7.21. The van der Waals surface area contributed by atoms with Crippen molar-refractivity contribution in [3.8, 4) is 10.7 Å². The zero-order chi connectivity index (χ0) is 16.9. The Hall–Kier alpha value is -2.44. The van der Waals surface area contributed by atoms with Gasteiger partial charge in [-0.15, -0.1) is 11.3 Å². The molecule has 7 heteroatoms. The van der Waals surface area contributed by atoms with Crippen LogP contribution in [0.15, 0.2) is 40.9 Å². The van der Waals surface area contributed by atoms with Gasteiger partial charge in [0.2, 0.25) is 11.7 Å². The number of carbonyl (C=O) groups is 1. The van der Waals surface area contributed by atoms with Gasteiger partial charge in [0, 0.05) is 22.9 Å². The van der Waals surface area contributed by atoms with Crippen LogP contribution < -0.4 is 5.32 Å². The van der Waals surface area contributed by atoms with Gasteiger partial charge in [0.05, 0.1) is 11.4 Å². The molecule has 2 heterocycles. The Morgan fingerprint density at radius 1 is 1.33 bits per heavy atom. The molecule has 1 amide bonds. The molecule has 5 nitrogen and oxygen atoms in total. The van der Waals surface area contributed by atoms with Crippen molar-refractivity contribution >= 4 is 41.0 Å². The van der Waals surface area contributed by atoms with E-state index in [4.69, 9.17) is 16.1 Å². The summed E-state index contributed by atoms with van der Waals surface area (Å²) in [6, 6.07) is 11.3. The van der Waals surface area contributed by atoms with Crippen LogP contribution in [0.1, 0.15) is 23.3 Å². The van der Waals surface area contributed by atoms with Crippen LogP contribution in [0.4, 0.5) is 0 Å². The molecular formula is C17H14ClN3O2S. The third kappa shape index (κ3) is 4.31. The van der Waals surface area contributed by atoms with Crippen LogP contribution in [0.3, 0.4) is 0 Å². The third-order valence-electron chi connectivity index (χ3n) is 3.10. The highest BCUT2D eigenvalue weighted by Gasteiger charge is 2.10. The number of hydrogen-bond acceptors (Lipinski definition) is 5. The molecule has 2 aromatic heterocycles. The van der Waals surface area contributed by atoms with Crippen LogP contribution in [0.5, 0.6) is 0 Å². The van der Waals surface area contributed by atoms with E-state index in [0.717, 1.165) is 15.3 Å². The molecule has 0 aliphatic rings. The van der Waals surface area contributed by atoms with Crippen LogP contribution >= 0.6 is 22.9 Å². The number of nitrogens with one attached hydrogen (secondary N) is 1. The summed E-state index contributed by atoms with van der Waals surface area (Å²) in [5.74, 6) is 0.888. The first-order valence-corrected chi connectivity index (χ1v) is 8.40. The summed E-state index contributed by atoms with van der Waals surface area (Å²) in [5, 5.41) is 7.42. The predicted molar refractivity (Wildman–Crippen MR) is 95.5 cm³/mol. The fourth-order valence-corrected chi connectivity index (χ4v) is 3.06. The van der Waals surface area contributed by atoms with Crippen LogP contribution in [-0.4, -0.2) is 16.0 Å². The zero-order valence-corrected chi connectivity index (χ0v) is 14.4. The van der Waals surface area contributed by atoms with E-state index < -0.39 is 0 Å². The van der Waals surface area contributed by atoms with Gasteiger partial charge in [0.15, 0.2) is 0 Å². The van der Waals surface area contributed by atoms with E-state index in [-0.39, 0.29) is 5.91 Å². The van der Waals surface area contributed by atoms with Gasteiger partial charge in [0.1, 0.15) is 0 Å². The second kappa shape index (κ2) is 7.42. The highest BCUT2D eigenvalue weighted by Crippen LogP contribution is 2.26. The van der Waals surface area contributed by atoms with E-state index in [0.29, 0.717) is 23.3 Å². The molecule has 3 aromatic rings. The van der Waals surface area contributed by atoms with E-state index in [1.807, 2.05) is 42.5 Å². The van der Waals surface area contributed by atoms with E-state index in [1.165, 1.54) is 18.3 Å². The largest absolute Gasteiger partial charge is 0.351 e. The van der Waals surface area contributed by atoms with Crippen LogP contribution in [0.25, 0.3) is 22.9 Å². The molecule has 0 unspecified atom stereocenters. The van der Waals surface area contributed by atoms with Crippen molar-refractivity contribution in [1.82, 2.24) is 15.5 Å². The highest BCUT2D eigenvalue weighted by molar-refractivity contribution is 7.15. The maximum absolute atomic E-state index is 10.9. The molecule has 0 radical (unpaired) electrons. The number of amides is 1. The molecule has 0 spiro atoms. The summed E-state index contributed by atoms with van der Waals surface area (Å²) in [7, 11) is 0. The fraction of sp³-hybridized carbons (Fsp3) is 0.118. The van der Waals surface area contributed by atoms with E-state index in [1.54, 1.807) is 6.08 Å². The fourth-order valence-electron chi connectivity index (χ4n) is 1.99. The summed E-state index contributed by atoms with van der Waals surface area (Å²) in [6.07, 6.45) is 3.60. The Kier molecular flexibility index (Phi) is 5.08. The maximum atomic E-state index is 10.9. The zero-order valence-electron chi connectivity index (χ0n) is 12.8. The van der Waals surface area contributed by atoms with Crippen molar-refractivity contribution in [3.63, 3.8) is 0 Å². The summed E-state index contributed by atoms with van der Waals surface area (Å²) < 4.78 is 5.23. The van der Waals surface area contributed by atoms with E-state index >= 15 is 0 Å². The lowest BCUT2D eigenvalue weighted by Gasteiger charge is -1.96. The third-order valence-corrected chi connectivity index (χ3v) is 4.42. The summed E-state index contributed by atoms with van der Waals surface area (Å²) in [4.78, 5) is 17.2. The molecule has 24 heavy (non-hydrogen) atoms. The molecule has 122 valence electrons. The monoisotopic (exact) mass is 359 g/mol. The van der Waals surface area contributed by atoms with Gasteiger partial charge < -0.3 is 9.84 Å². The van der Waals surface area contributed by atoms with Crippen LogP contribution in [-0.2, 0) is 11.3 Å². The normalized spacial score (nSPS) is 11.1. The van der Waals surface area contributed by atoms with E-state index in [2.05, 4.69) is 15.5 Å². The highest BCUT2D eigenvalue weighted by atomic mass is 35.5. The smallest absolute Gasteiger partial charge is 0.250 e. The molecule has 0 aliphatic heterocycles. The summed E-state index contributed by atoms with van der Waals surface area (Å²) in [5.41, 5.74) is 0.955. The van der Waals surface area contributed by atoms with Gasteiger partial charge in [-0.3, -0.25) is 4.79 Å². The number of hydrogen-bond donors (Lipinski definition) is 1. The van der Waals surface area contributed by atoms with E-state index in [9.17, 15) is 4.79 Å². The Balaban J connectivity index is 1.70. The van der Waals surface area contributed by atoms with Crippen molar-refractivity contribution in [3.05, 3.63) is 57.8 Å². The second-order valence-electron chi connectivity index (χ2n) is 5.02. The molecule has 0 saturated heterocycles. The number of thiophene rings is 1. The molecule has 1 aromatic carbocycles. The number of halogens is 1. The lowest BCUT2D eigenvalue weighted by molar-refractivity contribution is -0.119. The number of nitrogens with zero attached hydrogens (tertiary/aromatic N) is 2. The molecule has 3 rings (SSSR count). The maximum Gasteiger partial charge on any atom is 0.250 e. The summed E-state index contributed by atoms with van der Waals surface area (Å²) >= 11 is 7.46. The average molecular weight is 360 g/mol. The standard InChI is InChI=1S/C17H14ClN3O2S/c1-11(22)19-10-14-6-7-15(24-14)17-20-16(23-21-17)8-5-12-3-2-4-13(18)9-12/h2-9H,10H2,1H3,(H,19,22). The van der Waals surface area contributed by atoms with Gasteiger partial charge in [-0.25, -0.2) is 0 Å².